The Balaban J connectivity index is 1.06. The van der Waals surface area contributed by atoms with Gasteiger partial charge in [0, 0.05) is 42.1 Å². The molecule has 2 fully saturated rings. The second-order valence-electron chi connectivity index (χ2n) is 9.79. The van der Waals surface area contributed by atoms with Gasteiger partial charge in [0.15, 0.2) is 11.3 Å². The Morgan fingerprint density at radius 3 is 2.78 bits per heavy atom. The number of hydrogen-bond acceptors (Lipinski definition) is 10. The SMILES string of the molecule is N[C@@H]1c2cccnc2CC12CCN(c1nc3nc(Sc4ccnc(OC5COC5)c4Cl)cnc3[nH]1)CC2. The minimum atomic E-state index is -0.00932. The number of pyridine rings is 2. The Morgan fingerprint density at radius 1 is 1.14 bits per heavy atom. The van der Waals surface area contributed by atoms with Crippen LogP contribution in [0.2, 0.25) is 5.02 Å². The molecule has 37 heavy (non-hydrogen) atoms. The van der Waals surface area contributed by atoms with Gasteiger partial charge in [0.1, 0.15) is 16.2 Å². The molecule has 3 N–H and O–H groups in total. The monoisotopic (exact) mass is 536 g/mol. The van der Waals surface area contributed by atoms with Crippen LogP contribution in [-0.4, -0.2) is 62.3 Å². The van der Waals surface area contributed by atoms with Crippen molar-refractivity contribution in [3.05, 3.63) is 53.1 Å². The molecule has 7 rings (SSSR count). The van der Waals surface area contributed by atoms with Crippen LogP contribution in [0.3, 0.4) is 0 Å². The van der Waals surface area contributed by atoms with Crippen LogP contribution >= 0.6 is 23.4 Å². The molecule has 10 nitrogen and oxygen atoms in total. The number of H-pyrrole nitrogens is 1. The highest BCUT2D eigenvalue weighted by Crippen LogP contribution is 2.50. The zero-order valence-electron chi connectivity index (χ0n) is 19.9. The third-order valence-electron chi connectivity index (χ3n) is 7.59. The Hall–Kier alpha value is -2.99. The minimum Gasteiger partial charge on any atom is -0.468 e. The lowest BCUT2D eigenvalue weighted by Crippen LogP contribution is -2.44. The van der Waals surface area contributed by atoms with E-state index in [0.717, 1.165) is 48.9 Å². The largest absolute Gasteiger partial charge is 0.468 e. The molecule has 1 atom stereocenters. The van der Waals surface area contributed by atoms with Crippen molar-refractivity contribution in [2.75, 3.05) is 31.2 Å². The summed E-state index contributed by atoms with van der Waals surface area (Å²) in [6, 6.07) is 5.97. The summed E-state index contributed by atoms with van der Waals surface area (Å²) >= 11 is 7.96. The second kappa shape index (κ2) is 9.09. The van der Waals surface area contributed by atoms with Crippen LogP contribution in [-0.2, 0) is 11.2 Å². The van der Waals surface area contributed by atoms with Crippen molar-refractivity contribution in [1.29, 1.82) is 0 Å². The Bertz CT molecular complexity index is 1470. The van der Waals surface area contributed by atoms with Crippen LogP contribution in [0, 0.1) is 5.41 Å². The molecule has 0 radical (unpaired) electrons. The van der Waals surface area contributed by atoms with E-state index in [2.05, 4.69) is 30.9 Å². The van der Waals surface area contributed by atoms with E-state index in [0.29, 0.717) is 40.4 Å². The number of hydrogen-bond donors (Lipinski definition) is 2. The molecule has 0 saturated carbocycles. The number of ether oxygens (including phenoxy) is 2. The first-order chi connectivity index (χ1) is 18.1. The van der Waals surface area contributed by atoms with Crippen LogP contribution in [0.1, 0.15) is 30.1 Å². The lowest BCUT2D eigenvalue weighted by atomic mass is 9.73. The van der Waals surface area contributed by atoms with E-state index < -0.39 is 0 Å². The molecule has 3 aliphatic rings. The quantitative estimate of drug-likeness (QED) is 0.390. The number of aromatic nitrogens is 6. The summed E-state index contributed by atoms with van der Waals surface area (Å²) in [4.78, 5) is 29.3. The molecule has 12 heteroatoms. The minimum absolute atomic E-state index is 0.00932. The molecule has 0 aromatic carbocycles. The van der Waals surface area contributed by atoms with Gasteiger partial charge in [-0.15, -0.1) is 0 Å². The molecule has 1 aliphatic carbocycles. The van der Waals surface area contributed by atoms with Gasteiger partial charge in [-0.1, -0.05) is 29.4 Å². The van der Waals surface area contributed by atoms with Gasteiger partial charge >= 0.3 is 0 Å². The van der Waals surface area contributed by atoms with E-state index in [1.807, 2.05) is 18.3 Å². The number of anilines is 1. The Morgan fingerprint density at radius 2 is 2.00 bits per heavy atom. The third kappa shape index (κ3) is 4.10. The van der Waals surface area contributed by atoms with E-state index in [1.54, 1.807) is 12.4 Å². The highest BCUT2D eigenvalue weighted by molar-refractivity contribution is 7.99. The zero-order valence-corrected chi connectivity index (χ0v) is 21.5. The molecule has 2 aliphatic heterocycles. The summed E-state index contributed by atoms with van der Waals surface area (Å²) in [5, 5.41) is 1.14. The number of fused-ring (bicyclic) bond motifs is 2. The summed E-state index contributed by atoms with van der Waals surface area (Å²) in [5.41, 5.74) is 10.3. The van der Waals surface area contributed by atoms with Crippen molar-refractivity contribution in [2.45, 2.75) is 41.3 Å². The van der Waals surface area contributed by atoms with Crippen molar-refractivity contribution in [3.63, 3.8) is 0 Å². The van der Waals surface area contributed by atoms with Crippen molar-refractivity contribution < 1.29 is 9.47 Å². The maximum Gasteiger partial charge on any atom is 0.234 e. The average molecular weight is 537 g/mol. The Labute approximate surface area is 222 Å². The number of aromatic amines is 1. The van der Waals surface area contributed by atoms with E-state index in [1.165, 1.54) is 17.3 Å². The van der Waals surface area contributed by atoms with Crippen molar-refractivity contribution in [2.24, 2.45) is 11.1 Å². The van der Waals surface area contributed by atoms with Gasteiger partial charge in [-0.2, -0.15) is 4.98 Å². The van der Waals surface area contributed by atoms with Crippen LogP contribution in [0.5, 0.6) is 5.88 Å². The molecule has 2 saturated heterocycles. The number of nitrogens with one attached hydrogen (secondary N) is 1. The lowest BCUT2D eigenvalue weighted by Gasteiger charge is -2.41. The topological polar surface area (TPSA) is 128 Å². The number of piperidine rings is 1. The van der Waals surface area contributed by atoms with Crippen molar-refractivity contribution >= 4 is 40.6 Å². The predicted octanol–water partition coefficient (Wildman–Crippen LogP) is 3.57. The lowest BCUT2D eigenvalue weighted by molar-refractivity contribution is -0.0813. The molecule has 190 valence electrons. The fraction of sp³-hybridized carbons (Fsp3) is 0.400. The maximum atomic E-state index is 6.70. The average Bonchev–Trinajstić information content (AvgIpc) is 3.43. The number of nitrogens with two attached hydrogens (primary N) is 1. The molecule has 6 heterocycles. The number of nitrogens with zero attached hydrogens (tertiary/aromatic N) is 6. The zero-order chi connectivity index (χ0) is 25.0. The van der Waals surface area contributed by atoms with E-state index in [-0.39, 0.29) is 17.6 Å². The molecular weight excluding hydrogens is 512 g/mol. The van der Waals surface area contributed by atoms with Crippen LogP contribution in [0.25, 0.3) is 11.3 Å². The fourth-order valence-electron chi connectivity index (χ4n) is 5.39. The number of imidazole rings is 1. The summed E-state index contributed by atoms with van der Waals surface area (Å²) in [6.45, 7) is 2.83. The van der Waals surface area contributed by atoms with Crippen LogP contribution in [0.15, 0.2) is 46.7 Å². The predicted molar refractivity (Wildman–Crippen MR) is 139 cm³/mol. The first-order valence-electron chi connectivity index (χ1n) is 12.3. The maximum absolute atomic E-state index is 6.70. The van der Waals surface area contributed by atoms with E-state index in [4.69, 9.17) is 36.8 Å². The molecule has 4 aromatic heterocycles. The van der Waals surface area contributed by atoms with Gasteiger partial charge in [-0.3, -0.25) is 4.98 Å². The molecular formula is C25H25ClN8O2S. The van der Waals surface area contributed by atoms with Crippen molar-refractivity contribution in [3.8, 4) is 5.88 Å². The Kier molecular flexibility index (Phi) is 5.69. The summed E-state index contributed by atoms with van der Waals surface area (Å²) in [5.74, 6) is 1.19. The van der Waals surface area contributed by atoms with Gasteiger partial charge in [-0.05, 0) is 42.4 Å². The van der Waals surface area contributed by atoms with Gasteiger partial charge in [-0.25, -0.2) is 15.0 Å². The van der Waals surface area contributed by atoms with Crippen molar-refractivity contribution in [1.82, 2.24) is 29.9 Å². The fourth-order valence-corrected chi connectivity index (χ4v) is 6.43. The molecule has 1 spiro atoms. The summed E-state index contributed by atoms with van der Waals surface area (Å²) in [7, 11) is 0. The summed E-state index contributed by atoms with van der Waals surface area (Å²) in [6.07, 6.45) is 8.17. The number of rotatable bonds is 5. The van der Waals surface area contributed by atoms with E-state index >= 15 is 0 Å². The second-order valence-corrected chi connectivity index (χ2v) is 11.2. The molecule has 4 aromatic rings. The van der Waals surface area contributed by atoms with Gasteiger partial charge in [0.05, 0.1) is 19.4 Å². The van der Waals surface area contributed by atoms with Gasteiger partial charge < -0.3 is 25.1 Å². The highest BCUT2D eigenvalue weighted by atomic mass is 35.5. The van der Waals surface area contributed by atoms with Gasteiger partial charge in [0.25, 0.3) is 0 Å². The van der Waals surface area contributed by atoms with Gasteiger partial charge in [0.2, 0.25) is 11.8 Å². The molecule has 0 amide bonds. The first-order valence-corrected chi connectivity index (χ1v) is 13.5. The first kappa shape index (κ1) is 23.2. The number of halogens is 1. The normalized spacial score (nSPS) is 20.8. The van der Waals surface area contributed by atoms with Crippen LogP contribution < -0.4 is 15.4 Å². The molecule has 0 unspecified atom stereocenters. The standard InChI is InChI=1S/C25H25ClN8O2S/c26-19-17(3-7-29-23(19)36-14-12-35-13-14)37-18-11-30-21-22(31-18)33-24(32-21)34-8-4-25(5-9-34)10-16-15(20(25)27)2-1-6-28-16/h1-3,6-7,11,14,20H,4-5,8-10,12-13,27H2,(H,30,31,32,33)/t20-/m1/s1. The van der Waals surface area contributed by atoms with Crippen LogP contribution in [0.4, 0.5) is 5.95 Å². The molecule has 0 bridgehead atoms. The highest BCUT2D eigenvalue weighted by Gasteiger charge is 2.46. The van der Waals surface area contributed by atoms with E-state index in [9.17, 15) is 0 Å². The summed E-state index contributed by atoms with van der Waals surface area (Å²) < 4.78 is 11.0. The smallest absolute Gasteiger partial charge is 0.234 e. The third-order valence-corrected chi connectivity index (χ3v) is 9.04.